The normalized spacial score (nSPS) is 14.3. The summed E-state index contributed by atoms with van der Waals surface area (Å²) in [6.07, 6.45) is 4.75. The van der Waals surface area contributed by atoms with E-state index in [2.05, 4.69) is 58.5 Å². The van der Waals surface area contributed by atoms with Gasteiger partial charge in [0, 0.05) is 68.4 Å². The van der Waals surface area contributed by atoms with E-state index >= 15 is 0 Å². The number of aryl methyl sites for hydroxylation is 1. The van der Waals surface area contributed by atoms with Crippen molar-refractivity contribution in [2.75, 3.05) is 26.2 Å². The molecule has 11 heteroatoms. The Hall–Kier alpha value is -4.92. The summed E-state index contributed by atoms with van der Waals surface area (Å²) in [5.74, 6) is 2.72. The molecule has 5 aromatic rings. The summed E-state index contributed by atoms with van der Waals surface area (Å²) in [7, 11) is 0. The average Bonchev–Trinajstić information content (AvgIpc) is 3.77. The van der Waals surface area contributed by atoms with E-state index in [-0.39, 0.29) is 12.7 Å². The number of aliphatic hydroxyl groups is 1. The molecule has 0 saturated carbocycles. The fraction of sp³-hybridized carbons (Fsp3) is 0.341. The van der Waals surface area contributed by atoms with E-state index < -0.39 is 0 Å². The van der Waals surface area contributed by atoms with Crippen molar-refractivity contribution in [2.24, 2.45) is 0 Å². The van der Waals surface area contributed by atoms with E-state index in [1.165, 1.54) is 6.20 Å². The summed E-state index contributed by atoms with van der Waals surface area (Å²) >= 11 is 6.81. The lowest BCUT2D eigenvalue weighted by Crippen LogP contribution is -2.24. The number of nitrogens with one attached hydrogen (secondary N) is 1. The highest BCUT2D eigenvalue weighted by atomic mass is 35.5. The maximum Gasteiger partial charge on any atom is 0.142 e. The molecule has 3 heterocycles. The van der Waals surface area contributed by atoms with Gasteiger partial charge in [-0.3, -0.25) is 4.98 Å². The third-order valence-electron chi connectivity index (χ3n) is 9.26. The molecule has 0 bridgehead atoms. The maximum atomic E-state index is 9.80. The molecule has 1 saturated heterocycles. The van der Waals surface area contributed by atoms with Gasteiger partial charge in [-0.2, -0.15) is 5.26 Å². The minimum absolute atomic E-state index is 0.203. The maximum absolute atomic E-state index is 9.80. The molecule has 0 radical (unpaired) electrons. The number of nitriles is 1. The van der Waals surface area contributed by atoms with Crippen LogP contribution in [0.25, 0.3) is 11.1 Å². The molecule has 270 valence electrons. The van der Waals surface area contributed by atoms with Gasteiger partial charge >= 0.3 is 0 Å². The minimum atomic E-state index is -0.203. The number of hydrogen-bond acceptors (Lipinski definition) is 10. The molecule has 6 rings (SSSR count). The van der Waals surface area contributed by atoms with Crippen molar-refractivity contribution in [3.8, 4) is 34.4 Å². The first kappa shape index (κ1) is 36.9. The monoisotopic (exact) mass is 721 g/mol. The van der Waals surface area contributed by atoms with Gasteiger partial charge in [0.15, 0.2) is 0 Å². The Kier molecular flexibility index (Phi) is 12.4. The Morgan fingerprint density at radius 1 is 0.923 bits per heavy atom. The number of halogens is 1. The molecule has 0 unspecified atom stereocenters. The highest BCUT2D eigenvalue weighted by Gasteiger charge is 2.20. The Bertz CT molecular complexity index is 2030. The van der Waals surface area contributed by atoms with Crippen molar-refractivity contribution in [1.29, 1.82) is 5.26 Å². The summed E-state index contributed by atoms with van der Waals surface area (Å²) in [6.45, 7) is 10.8. The molecular formula is C41H44ClN5O5. The first-order chi connectivity index (χ1) is 25.3. The van der Waals surface area contributed by atoms with Gasteiger partial charge in [-0.1, -0.05) is 47.1 Å². The van der Waals surface area contributed by atoms with E-state index in [9.17, 15) is 10.4 Å². The molecule has 10 nitrogen and oxygen atoms in total. The SMILES string of the molecule is Cc1cc(CNCc2cc(Cl)c(OCc3cccc(-c4cccc(OCCCN5CC[C@@H](O)C5)c4C)c3C)cc2OCc2cncc(C#N)c2)no1. The van der Waals surface area contributed by atoms with Crippen molar-refractivity contribution in [1.82, 2.24) is 20.4 Å². The highest BCUT2D eigenvalue weighted by Crippen LogP contribution is 2.36. The van der Waals surface area contributed by atoms with Gasteiger partial charge in [0.05, 0.1) is 29.0 Å². The molecule has 3 aromatic carbocycles. The molecule has 1 aliphatic heterocycles. The van der Waals surface area contributed by atoms with Crippen LogP contribution in [0.3, 0.4) is 0 Å². The fourth-order valence-electron chi connectivity index (χ4n) is 6.41. The summed E-state index contributed by atoms with van der Waals surface area (Å²) < 4.78 is 24.1. The third-order valence-corrected chi connectivity index (χ3v) is 9.55. The molecule has 2 aromatic heterocycles. The van der Waals surface area contributed by atoms with Gasteiger partial charge in [0.25, 0.3) is 0 Å². The zero-order chi connectivity index (χ0) is 36.5. The molecule has 1 atom stereocenters. The molecular weight excluding hydrogens is 678 g/mol. The van der Waals surface area contributed by atoms with Crippen LogP contribution in [0.4, 0.5) is 0 Å². The molecule has 2 N–H and O–H groups in total. The van der Waals surface area contributed by atoms with E-state index in [1.807, 2.05) is 43.3 Å². The second-order valence-corrected chi connectivity index (χ2v) is 13.6. The second-order valence-electron chi connectivity index (χ2n) is 13.2. The van der Waals surface area contributed by atoms with Crippen LogP contribution < -0.4 is 19.5 Å². The summed E-state index contributed by atoms with van der Waals surface area (Å²) in [5, 5.41) is 27.0. The van der Waals surface area contributed by atoms with Gasteiger partial charge in [0.2, 0.25) is 0 Å². The quantitative estimate of drug-likeness (QED) is 0.0992. The van der Waals surface area contributed by atoms with Crippen LogP contribution >= 0.6 is 11.6 Å². The number of hydrogen-bond donors (Lipinski definition) is 2. The van der Waals surface area contributed by atoms with Crippen LogP contribution in [0.2, 0.25) is 5.02 Å². The van der Waals surface area contributed by atoms with Crippen LogP contribution in [0, 0.1) is 32.1 Å². The lowest BCUT2D eigenvalue weighted by Gasteiger charge is -2.19. The van der Waals surface area contributed by atoms with Crippen molar-refractivity contribution in [3.63, 3.8) is 0 Å². The minimum Gasteiger partial charge on any atom is -0.493 e. The number of aliphatic hydroxyl groups excluding tert-OH is 1. The van der Waals surface area contributed by atoms with Crippen LogP contribution in [-0.2, 0) is 26.3 Å². The predicted molar refractivity (Wildman–Crippen MR) is 199 cm³/mol. The topological polar surface area (TPSA) is 126 Å². The number of β-amino-alcohol motifs (C(OH)–C–C–N with tert-alkyl or cyclic N) is 1. The molecule has 0 amide bonds. The van der Waals surface area contributed by atoms with Crippen LogP contribution in [0.1, 0.15) is 57.7 Å². The van der Waals surface area contributed by atoms with Crippen LogP contribution in [0.5, 0.6) is 17.2 Å². The number of ether oxygens (including phenoxy) is 3. The van der Waals surface area contributed by atoms with Gasteiger partial charge < -0.3 is 34.1 Å². The van der Waals surface area contributed by atoms with Crippen molar-refractivity contribution in [2.45, 2.75) is 66.0 Å². The molecule has 1 fully saturated rings. The number of benzene rings is 3. The van der Waals surface area contributed by atoms with E-state index in [4.69, 9.17) is 30.3 Å². The number of pyridine rings is 1. The van der Waals surface area contributed by atoms with Gasteiger partial charge in [-0.05, 0) is 79.6 Å². The van der Waals surface area contributed by atoms with E-state index in [0.717, 1.165) is 88.6 Å². The lowest BCUT2D eigenvalue weighted by molar-refractivity contribution is 0.173. The van der Waals surface area contributed by atoms with Crippen LogP contribution in [-0.4, -0.2) is 52.5 Å². The zero-order valence-corrected chi connectivity index (χ0v) is 30.6. The third kappa shape index (κ3) is 9.49. The van der Waals surface area contributed by atoms with Crippen LogP contribution in [0.15, 0.2) is 77.6 Å². The second kappa shape index (κ2) is 17.5. The zero-order valence-electron chi connectivity index (χ0n) is 29.8. The first-order valence-corrected chi connectivity index (χ1v) is 17.9. The number of nitrogens with zero attached hydrogens (tertiary/aromatic N) is 4. The Labute approximate surface area is 309 Å². The number of aromatic nitrogens is 2. The Morgan fingerprint density at radius 2 is 1.73 bits per heavy atom. The fourth-order valence-corrected chi connectivity index (χ4v) is 6.65. The van der Waals surface area contributed by atoms with Gasteiger partial charge in [-0.15, -0.1) is 0 Å². The highest BCUT2D eigenvalue weighted by molar-refractivity contribution is 6.32. The van der Waals surface area contributed by atoms with Crippen molar-refractivity contribution in [3.05, 3.63) is 123 Å². The molecule has 0 spiro atoms. The lowest BCUT2D eigenvalue weighted by atomic mass is 9.93. The Balaban J connectivity index is 1.15. The number of rotatable bonds is 16. The summed E-state index contributed by atoms with van der Waals surface area (Å²) in [5.41, 5.74) is 8.33. The molecule has 1 aliphatic rings. The first-order valence-electron chi connectivity index (χ1n) is 17.5. The molecule has 0 aliphatic carbocycles. The molecule has 52 heavy (non-hydrogen) atoms. The largest absolute Gasteiger partial charge is 0.493 e. The van der Waals surface area contributed by atoms with E-state index in [0.29, 0.717) is 48.4 Å². The predicted octanol–water partition coefficient (Wildman–Crippen LogP) is 7.47. The smallest absolute Gasteiger partial charge is 0.142 e. The number of likely N-dealkylation sites (tertiary alicyclic amines) is 1. The summed E-state index contributed by atoms with van der Waals surface area (Å²) in [6, 6.07) is 21.8. The van der Waals surface area contributed by atoms with Crippen molar-refractivity contribution < 1.29 is 23.8 Å². The van der Waals surface area contributed by atoms with Gasteiger partial charge in [0.1, 0.15) is 42.3 Å². The average molecular weight is 722 g/mol. The Morgan fingerprint density at radius 3 is 2.50 bits per heavy atom. The van der Waals surface area contributed by atoms with E-state index in [1.54, 1.807) is 12.3 Å². The standard InChI is InChI=1S/C41H44ClN5O5/c1-27-15-34(46-52-27)23-45-22-33-17-38(42)41(18-40(33)50-25-31-16-30(19-43)20-44-21-31)51-26-32-7-4-8-36(28(32)2)37-9-5-10-39(29(37)3)49-14-6-12-47-13-11-35(48)24-47/h4-5,7-10,15-18,20-21,35,45,48H,6,11-14,22-26H2,1-3H3/t35-/m1/s1. The van der Waals surface area contributed by atoms with Gasteiger partial charge in [-0.25, -0.2) is 0 Å². The summed E-state index contributed by atoms with van der Waals surface area (Å²) in [4.78, 5) is 6.45. The van der Waals surface area contributed by atoms with Crippen molar-refractivity contribution >= 4 is 11.6 Å².